The summed E-state index contributed by atoms with van der Waals surface area (Å²) in [7, 11) is 0. The fourth-order valence-electron chi connectivity index (χ4n) is 3.20. The van der Waals surface area contributed by atoms with Crippen LogP contribution in [-0.2, 0) is 6.54 Å². The Balaban J connectivity index is 1.89. The number of rotatable bonds is 4. The van der Waals surface area contributed by atoms with Crippen LogP contribution in [0.15, 0.2) is 54.7 Å². The minimum absolute atomic E-state index is 0.0706. The normalized spacial score (nSPS) is 11.1. The van der Waals surface area contributed by atoms with E-state index in [9.17, 15) is 10.1 Å². The van der Waals surface area contributed by atoms with Crippen LogP contribution in [0.1, 0.15) is 16.7 Å². The summed E-state index contributed by atoms with van der Waals surface area (Å²) in [5.41, 5.74) is 5.94. The number of nitrogens with zero attached hydrogens (tertiary/aromatic N) is 4. The van der Waals surface area contributed by atoms with Crippen LogP contribution in [0.3, 0.4) is 0 Å². The molecule has 0 spiro atoms. The summed E-state index contributed by atoms with van der Waals surface area (Å²) in [6.07, 6.45) is 1.64. The first-order valence-corrected chi connectivity index (χ1v) is 9.13. The van der Waals surface area contributed by atoms with Gasteiger partial charge in [-0.25, -0.2) is 9.97 Å². The third kappa shape index (κ3) is 3.23. The van der Waals surface area contributed by atoms with Crippen molar-refractivity contribution in [1.82, 2.24) is 14.5 Å². The largest absolute Gasteiger partial charge is 0.319 e. The number of aromatic nitrogens is 3. The van der Waals surface area contributed by atoms with Crippen molar-refractivity contribution in [3.8, 4) is 11.4 Å². The molecule has 0 atom stereocenters. The lowest BCUT2D eigenvalue weighted by atomic mass is 10.1. The molecule has 0 aliphatic heterocycles. The van der Waals surface area contributed by atoms with Gasteiger partial charge >= 0.3 is 0 Å². The van der Waals surface area contributed by atoms with Gasteiger partial charge in [-0.2, -0.15) is 0 Å². The van der Waals surface area contributed by atoms with Crippen LogP contribution in [0.25, 0.3) is 22.4 Å². The predicted molar refractivity (Wildman–Crippen MR) is 110 cm³/mol. The number of halogens is 1. The lowest BCUT2D eigenvalue weighted by molar-refractivity contribution is -0.384. The zero-order chi connectivity index (χ0) is 19.8. The molecule has 0 saturated heterocycles. The molecule has 6 nitrogen and oxygen atoms in total. The summed E-state index contributed by atoms with van der Waals surface area (Å²) in [5, 5.41) is 11.3. The SMILES string of the molecule is Cc1cc2nc(-c3cccnc3Cl)n(Cc3ccc([N+](=O)[O-])cc3)c2cc1C. The number of hydrogen-bond donors (Lipinski definition) is 0. The summed E-state index contributed by atoms with van der Waals surface area (Å²) in [5.74, 6) is 0.719. The van der Waals surface area contributed by atoms with Gasteiger partial charge in [-0.15, -0.1) is 0 Å². The Morgan fingerprint density at radius 1 is 1.11 bits per heavy atom. The Morgan fingerprint density at radius 2 is 1.82 bits per heavy atom. The van der Waals surface area contributed by atoms with Crippen LogP contribution in [0.4, 0.5) is 5.69 Å². The monoisotopic (exact) mass is 392 g/mol. The topological polar surface area (TPSA) is 73.8 Å². The van der Waals surface area contributed by atoms with Crippen molar-refractivity contribution in [2.24, 2.45) is 0 Å². The third-order valence-electron chi connectivity index (χ3n) is 4.85. The molecule has 4 aromatic rings. The zero-order valence-corrected chi connectivity index (χ0v) is 16.1. The van der Waals surface area contributed by atoms with Gasteiger partial charge in [-0.05, 0) is 54.8 Å². The average Bonchev–Trinajstić information content (AvgIpc) is 3.00. The van der Waals surface area contributed by atoms with Crippen LogP contribution in [-0.4, -0.2) is 19.5 Å². The van der Waals surface area contributed by atoms with E-state index in [0.29, 0.717) is 11.7 Å². The summed E-state index contributed by atoms with van der Waals surface area (Å²) in [6.45, 7) is 4.63. The number of aryl methyl sites for hydroxylation is 2. The Labute approximate surface area is 166 Å². The maximum atomic E-state index is 10.9. The van der Waals surface area contributed by atoms with E-state index in [2.05, 4.69) is 35.5 Å². The van der Waals surface area contributed by atoms with Gasteiger partial charge in [0.15, 0.2) is 0 Å². The Bertz CT molecular complexity index is 1200. The molecule has 0 amide bonds. The van der Waals surface area contributed by atoms with Crippen molar-refractivity contribution in [1.29, 1.82) is 0 Å². The van der Waals surface area contributed by atoms with Crippen LogP contribution >= 0.6 is 11.6 Å². The van der Waals surface area contributed by atoms with Crippen molar-refractivity contribution in [2.45, 2.75) is 20.4 Å². The molecule has 0 radical (unpaired) electrons. The Hall–Kier alpha value is -3.25. The van der Waals surface area contributed by atoms with Gasteiger partial charge in [0.05, 0.1) is 21.5 Å². The quantitative estimate of drug-likeness (QED) is 0.267. The Morgan fingerprint density at radius 3 is 2.50 bits per heavy atom. The first-order chi connectivity index (χ1) is 13.4. The first kappa shape index (κ1) is 18.1. The van der Waals surface area contributed by atoms with Crippen molar-refractivity contribution < 1.29 is 4.92 Å². The molecule has 28 heavy (non-hydrogen) atoms. The number of non-ortho nitro benzene ring substituents is 1. The molecular formula is C21H17ClN4O2. The molecule has 0 bridgehead atoms. The van der Waals surface area contributed by atoms with Gasteiger partial charge in [0.25, 0.3) is 5.69 Å². The number of pyridine rings is 1. The Kier molecular flexibility index (Phi) is 4.57. The summed E-state index contributed by atoms with van der Waals surface area (Å²) >= 11 is 6.34. The molecule has 7 heteroatoms. The highest BCUT2D eigenvalue weighted by molar-refractivity contribution is 6.32. The number of fused-ring (bicyclic) bond motifs is 1. The van der Waals surface area contributed by atoms with Gasteiger partial charge in [-0.1, -0.05) is 23.7 Å². The lowest BCUT2D eigenvalue weighted by Crippen LogP contribution is -2.03. The van der Waals surface area contributed by atoms with Crippen molar-refractivity contribution in [2.75, 3.05) is 0 Å². The first-order valence-electron chi connectivity index (χ1n) is 8.76. The predicted octanol–water partition coefficient (Wildman–Crippen LogP) is 5.33. The molecule has 2 aromatic heterocycles. The van der Waals surface area contributed by atoms with Crippen molar-refractivity contribution in [3.63, 3.8) is 0 Å². The van der Waals surface area contributed by atoms with E-state index in [1.54, 1.807) is 18.3 Å². The van der Waals surface area contributed by atoms with Crippen LogP contribution in [0, 0.1) is 24.0 Å². The van der Waals surface area contributed by atoms with Gasteiger partial charge in [0.2, 0.25) is 0 Å². The van der Waals surface area contributed by atoms with Crippen LogP contribution < -0.4 is 0 Å². The number of benzene rings is 2. The maximum Gasteiger partial charge on any atom is 0.269 e. The minimum atomic E-state index is -0.399. The molecule has 0 aliphatic carbocycles. The molecule has 0 unspecified atom stereocenters. The summed E-state index contributed by atoms with van der Waals surface area (Å²) < 4.78 is 2.08. The smallest absolute Gasteiger partial charge is 0.269 e. The van der Waals surface area contributed by atoms with Crippen molar-refractivity contribution in [3.05, 3.63) is 86.7 Å². The number of nitro groups is 1. The fraction of sp³-hybridized carbons (Fsp3) is 0.143. The number of hydrogen-bond acceptors (Lipinski definition) is 4. The van der Waals surface area contributed by atoms with Crippen LogP contribution in [0.5, 0.6) is 0 Å². The number of imidazole rings is 1. The summed E-state index contributed by atoms with van der Waals surface area (Å²) in [6, 6.07) is 14.4. The molecule has 0 saturated carbocycles. The second-order valence-corrected chi connectivity index (χ2v) is 7.07. The van der Waals surface area contributed by atoms with E-state index in [1.165, 1.54) is 17.7 Å². The van der Waals surface area contributed by atoms with E-state index in [0.717, 1.165) is 33.5 Å². The zero-order valence-electron chi connectivity index (χ0n) is 15.4. The van der Waals surface area contributed by atoms with Gasteiger partial charge in [0.1, 0.15) is 11.0 Å². The number of nitro benzene ring substituents is 1. The highest BCUT2D eigenvalue weighted by Crippen LogP contribution is 2.31. The maximum absolute atomic E-state index is 10.9. The second-order valence-electron chi connectivity index (χ2n) is 6.71. The molecule has 2 heterocycles. The molecule has 2 aromatic carbocycles. The van der Waals surface area contributed by atoms with Crippen LogP contribution in [0.2, 0.25) is 5.15 Å². The highest BCUT2D eigenvalue weighted by atomic mass is 35.5. The average molecular weight is 393 g/mol. The highest BCUT2D eigenvalue weighted by Gasteiger charge is 2.17. The van der Waals surface area contributed by atoms with E-state index >= 15 is 0 Å². The molecule has 0 fully saturated rings. The van der Waals surface area contributed by atoms with E-state index in [4.69, 9.17) is 16.6 Å². The van der Waals surface area contributed by atoms with Gasteiger partial charge < -0.3 is 4.57 Å². The molecule has 0 aliphatic rings. The molecule has 140 valence electrons. The standard InChI is InChI=1S/C21H17ClN4O2/c1-13-10-18-19(11-14(13)2)25(12-15-5-7-16(8-6-15)26(27)28)21(24-18)17-4-3-9-23-20(17)22/h3-11H,12H2,1-2H3. The lowest BCUT2D eigenvalue weighted by Gasteiger charge is -2.11. The minimum Gasteiger partial charge on any atom is -0.319 e. The molecule has 4 rings (SSSR count). The second kappa shape index (κ2) is 7.05. The molecule has 0 N–H and O–H groups in total. The van der Waals surface area contributed by atoms with E-state index < -0.39 is 4.92 Å². The third-order valence-corrected chi connectivity index (χ3v) is 5.15. The van der Waals surface area contributed by atoms with Gasteiger partial charge in [0, 0.05) is 24.9 Å². The fourth-order valence-corrected chi connectivity index (χ4v) is 3.41. The van der Waals surface area contributed by atoms with E-state index in [1.807, 2.05) is 12.1 Å². The van der Waals surface area contributed by atoms with Crippen molar-refractivity contribution >= 4 is 28.3 Å². The summed E-state index contributed by atoms with van der Waals surface area (Å²) in [4.78, 5) is 19.5. The van der Waals surface area contributed by atoms with E-state index in [-0.39, 0.29) is 5.69 Å². The van der Waals surface area contributed by atoms with Gasteiger partial charge in [-0.3, -0.25) is 10.1 Å². The molecular weight excluding hydrogens is 376 g/mol.